The van der Waals surface area contributed by atoms with Gasteiger partial charge in [-0.05, 0) is 19.4 Å². The molecule has 4 heterocycles. The third-order valence-electron chi connectivity index (χ3n) is 5.04. The van der Waals surface area contributed by atoms with E-state index in [2.05, 4.69) is 15.1 Å². The van der Waals surface area contributed by atoms with E-state index in [-0.39, 0.29) is 24.2 Å². The van der Waals surface area contributed by atoms with Gasteiger partial charge in [0.2, 0.25) is 5.82 Å². The summed E-state index contributed by atoms with van der Waals surface area (Å²) in [7, 11) is 0. The SMILES string of the molecule is Cc1ccnc2nc(C(=O)N3C[C@H]4COCC[C@@]4(C(=O)O)C3)nn12. The predicted molar refractivity (Wildman–Crippen MR) is 80.4 cm³/mol. The van der Waals surface area contributed by atoms with Gasteiger partial charge in [0.1, 0.15) is 0 Å². The van der Waals surface area contributed by atoms with Crippen molar-refractivity contribution < 1.29 is 19.4 Å². The molecule has 0 bridgehead atoms. The van der Waals surface area contributed by atoms with Crippen LogP contribution in [0.4, 0.5) is 0 Å². The Bertz CT molecular complexity index is 834. The van der Waals surface area contributed by atoms with E-state index >= 15 is 0 Å². The van der Waals surface area contributed by atoms with Gasteiger partial charge in [-0.25, -0.2) is 9.50 Å². The Morgan fingerprint density at radius 1 is 1.46 bits per heavy atom. The zero-order chi connectivity index (χ0) is 16.9. The molecule has 0 saturated carbocycles. The van der Waals surface area contributed by atoms with Gasteiger partial charge in [-0.3, -0.25) is 9.59 Å². The van der Waals surface area contributed by atoms with Gasteiger partial charge in [0.05, 0.1) is 12.0 Å². The maximum atomic E-state index is 12.8. The fourth-order valence-electron chi connectivity index (χ4n) is 3.59. The van der Waals surface area contributed by atoms with E-state index in [0.29, 0.717) is 32.0 Å². The van der Waals surface area contributed by atoms with Crippen molar-refractivity contribution in [2.45, 2.75) is 13.3 Å². The number of nitrogens with zero attached hydrogens (tertiary/aromatic N) is 5. The van der Waals surface area contributed by atoms with Gasteiger partial charge in [0.25, 0.3) is 11.7 Å². The number of rotatable bonds is 2. The van der Waals surface area contributed by atoms with Crippen LogP contribution < -0.4 is 0 Å². The summed E-state index contributed by atoms with van der Waals surface area (Å²) in [5, 5.41) is 13.9. The Morgan fingerprint density at radius 2 is 2.29 bits per heavy atom. The molecule has 2 saturated heterocycles. The standard InChI is InChI=1S/C15H17N5O4/c1-9-2-4-16-14-17-11(18-20(9)14)12(21)19-6-10-7-24-5-3-15(10,8-19)13(22)23/h2,4,10H,3,5-8H2,1H3,(H,22,23)/t10-,15+/m0/s1. The topological polar surface area (TPSA) is 110 Å². The number of ether oxygens (including phenoxy) is 1. The van der Waals surface area contributed by atoms with Gasteiger partial charge >= 0.3 is 5.97 Å². The first kappa shape index (κ1) is 15.0. The summed E-state index contributed by atoms with van der Waals surface area (Å²) in [5.74, 6) is -1.05. The number of fused-ring (bicyclic) bond motifs is 2. The van der Waals surface area contributed by atoms with E-state index in [9.17, 15) is 14.7 Å². The third kappa shape index (κ3) is 2.08. The van der Waals surface area contributed by atoms with Crippen LogP contribution in [0.5, 0.6) is 0 Å². The number of hydrogen-bond acceptors (Lipinski definition) is 6. The first-order chi connectivity index (χ1) is 11.5. The molecule has 1 amide bonds. The molecule has 2 aliphatic rings. The lowest BCUT2D eigenvalue weighted by Gasteiger charge is -2.33. The van der Waals surface area contributed by atoms with Crippen LogP contribution in [0.2, 0.25) is 0 Å². The Labute approximate surface area is 137 Å². The van der Waals surface area contributed by atoms with Gasteiger partial charge in [0.15, 0.2) is 0 Å². The van der Waals surface area contributed by atoms with Crippen LogP contribution in [0.3, 0.4) is 0 Å². The molecule has 0 aromatic carbocycles. The van der Waals surface area contributed by atoms with Crippen molar-refractivity contribution in [2.75, 3.05) is 26.3 Å². The lowest BCUT2D eigenvalue weighted by Crippen LogP contribution is -2.45. The Hall–Kier alpha value is -2.55. The highest BCUT2D eigenvalue weighted by Gasteiger charge is 2.55. The molecule has 9 nitrogen and oxygen atoms in total. The zero-order valence-corrected chi connectivity index (χ0v) is 13.2. The highest BCUT2D eigenvalue weighted by molar-refractivity contribution is 5.92. The molecular weight excluding hydrogens is 314 g/mol. The lowest BCUT2D eigenvalue weighted by atomic mass is 9.74. The van der Waals surface area contributed by atoms with Crippen molar-refractivity contribution in [1.29, 1.82) is 0 Å². The van der Waals surface area contributed by atoms with Crippen molar-refractivity contribution in [1.82, 2.24) is 24.5 Å². The van der Waals surface area contributed by atoms with Crippen LogP contribution in [0.15, 0.2) is 12.3 Å². The number of amides is 1. The number of carbonyl (C=O) groups excluding carboxylic acids is 1. The van der Waals surface area contributed by atoms with E-state index in [1.54, 1.807) is 12.3 Å². The molecular formula is C15H17N5O4. The molecule has 1 N–H and O–H groups in total. The number of likely N-dealkylation sites (tertiary alicyclic amines) is 1. The molecule has 0 spiro atoms. The van der Waals surface area contributed by atoms with Gasteiger partial charge in [0, 0.05) is 37.5 Å². The van der Waals surface area contributed by atoms with Crippen LogP contribution in [-0.2, 0) is 9.53 Å². The summed E-state index contributed by atoms with van der Waals surface area (Å²) < 4.78 is 6.92. The Balaban J connectivity index is 1.65. The zero-order valence-electron chi connectivity index (χ0n) is 13.2. The molecule has 0 radical (unpaired) electrons. The van der Waals surface area contributed by atoms with E-state index in [4.69, 9.17) is 4.74 Å². The monoisotopic (exact) mass is 331 g/mol. The molecule has 2 aromatic heterocycles. The molecule has 0 aliphatic carbocycles. The Kier molecular flexibility index (Phi) is 3.27. The third-order valence-corrected chi connectivity index (χ3v) is 5.04. The fourth-order valence-corrected chi connectivity index (χ4v) is 3.59. The summed E-state index contributed by atoms with van der Waals surface area (Å²) in [4.78, 5) is 34.4. The number of carboxylic acid groups (broad SMARTS) is 1. The second kappa shape index (κ2) is 5.23. The van der Waals surface area contributed by atoms with E-state index in [1.165, 1.54) is 9.42 Å². The summed E-state index contributed by atoms with van der Waals surface area (Å²) in [6.45, 7) is 3.11. The summed E-state index contributed by atoms with van der Waals surface area (Å²) >= 11 is 0. The number of carbonyl (C=O) groups is 2. The normalized spacial score (nSPS) is 26.5. The van der Waals surface area contributed by atoms with Gasteiger partial charge in [-0.2, -0.15) is 4.98 Å². The average Bonchev–Trinajstić information content (AvgIpc) is 3.17. The minimum absolute atomic E-state index is 0.0388. The number of aliphatic carboxylic acids is 1. The summed E-state index contributed by atoms with van der Waals surface area (Å²) in [6.07, 6.45) is 2.02. The average molecular weight is 331 g/mol. The smallest absolute Gasteiger partial charge is 0.311 e. The summed E-state index contributed by atoms with van der Waals surface area (Å²) in [6, 6.07) is 1.77. The maximum absolute atomic E-state index is 12.8. The Morgan fingerprint density at radius 3 is 3.00 bits per heavy atom. The quantitative estimate of drug-likeness (QED) is 0.824. The summed E-state index contributed by atoms with van der Waals surface area (Å²) in [5.41, 5.74) is -0.113. The van der Waals surface area contributed by atoms with Crippen molar-refractivity contribution >= 4 is 17.7 Å². The number of hydrogen-bond donors (Lipinski definition) is 1. The molecule has 0 unspecified atom stereocenters. The first-order valence-electron chi connectivity index (χ1n) is 7.80. The first-order valence-corrected chi connectivity index (χ1v) is 7.80. The van der Waals surface area contributed by atoms with Gasteiger partial charge < -0.3 is 14.7 Å². The van der Waals surface area contributed by atoms with Crippen LogP contribution in [0, 0.1) is 18.3 Å². The predicted octanol–water partition coefficient (Wildman–Crippen LogP) is -0.00398. The lowest BCUT2D eigenvalue weighted by molar-refractivity contribution is -0.157. The largest absolute Gasteiger partial charge is 0.481 e. The minimum atomic E-state index is -0.929. The number of aryl methyl sites for hydroxylation is 1. The minimum Gasteiger partial charge on any atom is -0.481 e. The second-order valence-corrected chi connectivity index (χ2v) is 6.40. The molecule has 4 rings (SSSR count). The number of carboxylic acids is 1. The molecule has 126 valence electrons. The van der Waals surface area contributed by atoms with E-state index < -0.39 is 11.4 Å². The van der Waals surface area contributed by atoms with Crippen molar-refractivity contribution in [3.63, 3.8) is 0 Å². The fraction of sp³-hybridized carbons (Fsp3) is 0.533. The maximum Gasteiger partial charge on any atom is 0.311 e. The van der Waals surface area contributed by atoms with Crippen LogP contribution in [0.1, 0.15) is 22.7 Å². The van der Waals surface area contributed by atoms with Crippen molar-refractivity contribution in [3.8, 4) is 0 Å². The highest BCUT2D eigenvalue weighted by atomic mass is 16.5. The van der Waals surface area contributed by atoms with Gasteiger partial charge in [-0.1, -0.05) is 0 Å². The molecule has 2 fully saturated rings. The molecule has 2 aromatic rings. The van der Waals surface area contributed by atoms with Crippen molar-refractivity contribution in [3.05, 3.63) is 23.8 Å². The van der Waals surface area contributed by atoms with Crippen LogP contribution in [0.25, 0.3) is 5.78 Å². The van der Waals surface area contributed by atoms with E-state index in [1.807, 2.05) is 6.92 Å². The van der Waals surface area contributed by atoms with Crippen molar-refractivity contribution in [2.24, 2.45) is 11.3 Å². The molecule has 9 heteroatoms. The molecule has 24 heavy (non-hydrogen) atoms. The molecule has 2 aliphatic heterocycles. The van der Waals surface area contributed by atoms with Crippen LogP contribution >= 0.6 is 0 Å². The number of aromatic nitrogens is 4. The van der Waals surface area contributed by atoms with E-state index in [0.717, 1.165) is 5.69 Å². The highest BCUT2D eigenvalue weighted by Crippen LogP contribution is 2.42. The van der Waals surface area contributed by atoms with Gasteiger partial charge in [-0.15, -0.1) is 5.10 Å². The van der Waals surface area contributed by atoms with Crippen LogP contribution in [-0.4, -0.2) is 67.8 Å². The second-order valence-electron chi connectivity index (χ2n) is 6.40. The molecule has 2 atom stereocenters.